The third-order valence-corrected chi connectivity index (χ3v) is 2.83. The first-order valence-corrected chi connectivity index (χ1v) is 6.55. The van der Waals surface area contributed by atoms with E-state index in [1.807, 2.05) is 0 Å². The van der Waals surface area contributed by atoms with E-state index < -0.39 is 29.8 Å². The standard InChI is InChI=1S/C13H23NO6/c1-13(2,3)20-12(17)14-6-10(7-15)19-8-9(14)5-11(16)18-4/h9-10,15H,5-8H2,1-4H3. The first-order valence-electron chi connectivity index (χ1n) is 6.55. The Kier molecular flexibility index (Phi) is 5.76. The molecule has 1 rings (SSSR count). The van der Waals surface area contributed by atoms with Crippen LogP contribution in [-0.2, 0) is 19.0 Å². The molecule has 7 heteroatoms. The third-order valence-electron chi connectivity index (χ3n) is 2.83. The molecule has 7 nitrogen and oxygen atoms in total. The molecule has 1 fully saturated rings. The zero-order valence-electron chi connectivity index (χ0n) is 12.4. The van der Waals surface area contributed by atoms with Gasteiger partial charge in [-0.05, 0) is 20.8 Å². The Morgan fingerprint density at radius 1 is 1.40 bits per heavy atom. The lowest BCUT2D eigenvalue weighted by Crippen LogP contribution is -2.55. The van der Waals surface area contributed by atoms with Crippen LogP contribution in [0.2, 0.25) is 0 Å². The molecule has 1 heterocycles. The molecule has 2 atom stereocenters. The summed E-state index contributed by atoms with van der Waals surface area (Å²) < 4.78 is 15.3. The van der Waals surface area contributed by atoms with Gasteiger partial charge in [-0.25, -0.2) is 4.79 Å². The van der Waals surface area contributed by atoms with Crippen LogP contribution in [0.5, 0.6) is 0 Å². The highest BCUT2D eigenvalue weighted by Gasteiger charge is 2.36. The van der Waals surface area contributed by atoms with Crippen LogP contribution >= 0.6 is 0 Å². The zero-order chi connectivity index (χ0) is 15.3. The predicted octanol–water partition coefficient (Wildman–Crippen LogP) is 0.546. The number of carbonyl (C=O) groups is 2. The number of morpholine rings is 1. The molecule has 0 aromatic rings. The van der Waals surface area contributed by atoms with Gasteiger partial charge in [0.25, 0.3) is 0 Å². The predicted molar refractivity (Wildman–Crippen MR) is 70.2 cm³/mol. The molecular formula is C13H23NO6. The van der Waals surface area contributed by atoms with E-state index in [0.29, 0.717) is 0 Å². The van der Waals surface area contributed by atoms with Gasteiger partial charge >= 0.3 is 12.1 Å². The maximum Gasteiger partial charge on any atom is 0.410 e. The average molecular weight is 289 g/mol. The maximum absolute atomic E-state index is 12.2. The van der Waals surface area contributed by atoms with Gasteiger partial charge in [-0.15, -0.1) is 0 Å². The first kappa shape index (κ1) is 16.7. The molecule has 1 aliphatic heterocycles. The monoisotopic (exact) mass is 289 g/mol. The summed E-state index contributed by atoms with van der Waals surface area (Å²) in [5.74, 6) is -0.422. The second-order valence-corrected chi connectivity index (χ2v) is 5.70. The number of hydrogen-bond donors (Lipinski definition) is 1. The molecule has 0 aliphatic carbocycles. The molecule has 0 spiro atoms. The van der Waals surface area contributed by atoms with E-state index in [9.17, 15) is 9.59 Å². The molecule has 1 aliphatic rings. The van der Waals surface area contributed by atoms with Crippen molar-refractivity contribution in [3.63, 3.8) is 0 Å². The van der Waals surface area contributed by atoms with Gasteiger partial charge in [0.1, 0.15) is 5.60 Å². The van der Waals surface area contributed by atoms with Gasteiger partial charge in [0.05, 0.1) is 45.4 Å². The third kappa shape index (κ3) is 4.97. The number of aliphatic hydroxyl groups excluding tert-OH is 1. The molecule has 0 saturated carbocycles. The lowest BCUT2D eigenvalue weighted by atomic mass is 10.1. The van der Waals surface area contributed by atoms with Crippen molar-refractivity contribution >= 4 is 12.1 Å². The van der Waals surface area contributed by atoms with Gasteiger partial charge < -0.3 is 19.3 Å². The van der Waals surface area contributed by atoms with Crippen molar-refractivity contribution in [3.05, 3.63) is 0 Å². The van der Waals surface area contributed by atoms with Gasteiger partial charge in [-0.2, -0.15) is 0 Å². The number of rotatable bonds is 3. The fraction of sp³-hybridized carbons (Fsp3) is 0.846. The van der Waals surface area contributed by atoms with E-state index in [1.165, 1.54) is 12.0 Å². The minimum Gasteiger partial charge on any atom is -0.469 e. The van der Waals surface area contributed by atoms with E-state index >= 15 is 0 Å². The van der Waals surface area contributed by atoms with Crippen LogP contribution in [-0.4, -0.2) is 66.7 Å². The Morgan fingerprint density at radius 3 is 2.55 bits per heavy atom. The largest absolute Gasteiger partial charge is 0.469 e. The van der Waals surface area contributed by atoms with Gasteiger partial charge in [-0.1, -0.05) is 0 Å². The lowest BCUT2D eigenvalue weighted by Gasteiger charge is -2.39. The average Bonchev–Trinajstić information content (AvgIpc) is 2.36. The smallest absolute Gasteiger partial charge is 0.410 e. The van der Waals surface area contributed by atoms with Crippen molar-refractivity contribution in [1.29, 1.82) is 0 Å². The van der Waals surface area contributed by atoms with Crippen molar-refractivity contribution in [2.24, 2.45) is 0 Å². The zero-order valence-corrected chi connectivity index (χ0v) is 12.4. The number of nitrogens with zero attached hydrogens (tertiary/aromatic N) is 1. The van der Waals surface area contributed by atoms with Crippen LogP contribution in [0.1, 0.15) is 27.2 Å². The fourth-order valence-corrected chi connectivity index (χ4v) is 1.86. The molecule has 1 saturated heterocycles. The van der Waals surface area contributed by atoms with E-state index in [4.69, 9.17) is 14.6 Å². The topological polar surface area (TPSA) is 85.3 Å². The van der Waals surface area contributed by atoms with Gasteiger partial charge in [0, 0.05) is 0 Å². The summed E-state index contributed by atoms with van der Waals surface area (Å²) in [5, 5.41) is 9.14. The summed E-state index contributed by atoms with van der Waals surface area (Å²) in [4.78, 5) is 25.0. The van der Waals surface area contributed by atoms with Crippen LogP contribution < -0.4 is 0 Å². The number of carbonyl (C=O) groups excluding carboxylic acids is 2. The number of esters is 1. The summed E-state index contributed by atoms with van der Waals surface area (Å²) in [5.41, 5.74) is -0.625. The number of ether oxygens (including phenoxy) is 3. The van der Waals surface area contributed by atoms with Crippen LogP contribution in [0, 0.1) is 0 Å². The molecule has 0 aromatic heterocycles. The SMILES string of the molecule is COC(=O)CC1COC(CO)CN1C(=O)OC(C)(C)C. The normalized spacial score (nSPS) is 23.4. The molecule has 116 valence electrons. The Bertz CT molecular complexity index is 351. The highest BCUT2D eigenvalue weighted by atomic mass is 16.6. The molecule has 0 aromatic carbocycles. The molecule has 20 heavy (non-hydrogen) atoms. The minimum absolute atomic E-state index is 0.0356. The second kappa shape index (κ2) is 6.90. The summed E-state index contributed by atoms with van der Waals surface area (Å²) in [6.45, 7) is 5.47. The number of hydrogen-bond acceptors (Lipinski definition) is 6. The number of methoxy groups -OCH3 is 1. The molecular weight excluding hydrogens is 266 g/mol. The molecule has 0 radical (unpaired) electrons. The van der Waals surface area contributed by atoms with Crippen LogP contribution in [0.25, 0.3) is 0 Å². The Morgan fingerprint density at radius 2 is 2.05 bits per heavy atom. The summed E-state index contributed by atoms with van der Waals surface area (Å²) >= 11 is 0. The van der Waals surface area contributed by atoms with Gasteiger partial charge in [0.15, 0.2) is 0 Å². The van der Waals surface area contributed by atoms with Crippen LogP contribution in [0.4, 0.5) is 4.79 Å². The number of aliphatic hydroxyl groups is 1. The fourth-order valence-electron chi connectivity index (χ4n) is 1.86. The van der Waals surface area contributed by atoms with E-state index in [-0.39, 0.29) is 26.2 Å². The van der Waals surface area contributed by atoms with Crippen molar-refractivity contribution < 1.29 is 28.9 Å². The quantitative estimate of drug-likeness (QED) is 0.764. The highest BCUT2D eigenvalue weighted by Crippen LogP contribution is 2.19. The van der Waals surface area contributed by atoms with Crippen molar-refractivity contribution in [2.75, 3.05) is 26.9 Å². The van der Waals surface area contributed by atoms with E-state index in [2.05, 4.69) is 4.74 Å². The molecule has 1 N–H and O–H groups in total. The Balaban J connectivity index is 2.76. The second-order valence-electron chi connectivity index (χ2n) is 5.70. The van der Waals surface area contributed by atoms with Crippen LogP contribution in [0.3, 0.4) is 0 Å². The van der Waals surface area contributed by atoms with E-state index in [0.717, 1.165) is 0 Å². The van der Waals surface area contributed by atoms with Crippen molar-refractivity contribution in [2.45, 2.75) is 44.9 Å². The maximum atomic E-state index is 12.2. The van der Waals surface area contributed by atoms with Crippen LogP contribution in [0.15, 0.2) is 0 Å². The minimum atomic E-state index is -0.625. The van der Waals surface area contributed by atoms with Gasteiger partial charge in [-0.3, -0.25) is 9.69 Å². The lowest BCUT2D eigenvalue weighted by molar-refractivity contribution is -0.145. The molecule has 2 unspecified atom stereocenters. The highest BCUT2D eigenvalue weighted by molar-refractivity contribution is 5.73. The van der Waals surface area contributed by atoms with Crippen molar-refractivity contribution in [1.82, 2.24) is 4.90 Å². The summed E-state index contributed by atoms with van der Waals surface area (Å²) in [6, 6.07) is -0.444. The summed E-state index contributed by atoms with van der Waals surface area (Å²) in [7, 11) is 1.29. The first-order chi connectivity index (χ1) is 9.26. The van der Waals surface area contributed by atoms with Crippen molar-refractivity contribution in [3.8, 4) is 0 Å². The molecule has 0 bridgehead atoms. The molecule has 1 amide bonds. The summed E-state index contributed by atoms with van der Waals surface area (Å²) in [6.07, 6.45) is -0.946. The van der Waals surface area contributed by atoms with Gasteiger partial charge in [0.2, 0.25) is 0 Å². The van der Waals surface area contributed by atoms with E-state index in [1.54, 1.807) is 20.8 Å². The number of amides is 1. The Hall–Kier alpha value is -1.34. The Labute approximate surface area is 118 Å².